The van der Waals surface area contributed by atoms with Crippen molar-refractivity contribution in [1.29, 1.82) is 0 Å². The van der Waals surface area contributed by atoms with E-state index in [9.17, 15) is 19.2 Å². The Kier molecular flexibility index (Phi) is 6.83. The minimum Gasteiger partial charge on any atom is -0.464 e. The minimum atomic E-state index is -0.751. The Bertz CT molecular complexity index is 1100. The topological polar surface area (TPSA) is 138 Å². The number of esters is 2. The van der Waals surface area contributed by atoms with Gasteiger partial charge in [-0.15, -0.1) is 11.3 Å². The molecule has 0 bridgehead atoms. The summed E-state index contributed by atoms with van der Waals surface area (Å²) < 4.78 is 15.4. The Labute approximate surface area is 180 Å². The van der Waals surface area contributed by atoms with Crippen molar-refractivity contribution >= 4 is 40.1 Å². The van der Waals surface area contributed by atoms with E-state index >= 15 is 0 Å². The summed E-state index contributed by atoms with van der Waals surface area (Å²) in [7, 11) is 0. The molecular formula is C21H18N2O7S. The first-order valence-electron chi connectivity index (χ1n) is 9.10. The van der Waals surface area contributed by atoms with Crippen LogP contribution in [-0.4, -0.2) is 37.0 Å². The number of hydrogen-bond donors (Lipinski definition) is 2. The Balaban J connectivity index is 1.68. The van der Waals surface area contributed by atoms with Gasteiger partial charge in [0.15, 0.2) is 6.61 Å². The van der Waals surface area contributed by atoms with Crippen LogP contribution >= 0.6 is 11.3 Å². The predicted molar refractivity (Wildman–Crippen MR) is 112 cm³/mol. The molecule has 3 N–H and O–H groups in total. The number of carbonyl (C=O) groups excluding carboxylic acids is 4. The number of amides is 2. The van der Waals surface area contributed by atoms with Crippen molar-refractivity contribution in [2.24, 2.45) is 5.73 Å². The molecule has 2 aromatic heterocycles. The van der Waals surface area contributed by atoms with Crippen LogP contribution in [0.2, 0.25) is 0 Å². The van der Waals surface area contributed by atoms with Crippen molar-refractivity contribution < 1.29 is 33.1 Å². The maximum Gasteiger partial charge on any atom is 0.341 e. The van der Waals surface area contributed by atoms with Crippen LogP contribution in [-0.2, 0) is 14.3 Å². The fourth-order valence-corrected chi connectivity index (χ4v) is 3.57. The highest BCUT2D eigenvalue weighted by molar-refractivity contribution is 7.15. The average molecular weight is 442 g/mol. The van der Waals surface area contributed by atoms with Crippen LogP contribution in [0.15, 0.2) is 52.5 Å². The maximum absolute atomic E-state index is 12.4. The Morgan fingerprint density at radius 2 is 1.74 bits per heavy atom. The average Bonchev–Trinajstić information content (AvgIpc) is 3.42. The third kappa shape index (κ3) is 5.17. The maximum atomic E-state index is 12.4. The van der Waals surface area contributed by atoms with Crippen LogP contribution < -0.4 is 11.1 Å². The van der Waals surface area contributed by atoms with E-state index in [2.05, 4.69) is 5.32 Å². The number of thiophene rings is 1. The van der Waals surface area contributed by atoms with E-state index in [1.165, 1.54) is 30.5 Å². The first-order valence-corrected chi connectivity index (χ1v) is 9.98. The summed E-state index contributed by atoms with van der Waals surface area (Å²) in [6.45, 7) is 1.25. The zero-order valence-electron chi connectivity index (χ0n) is 16.4. The first-order chi connectivity index (χ1) is 14.9. The summed E-state index contributed by atoms with van der Waals surface area (Å²) >= 11 is 1.11. The number of primary amides is 1. The summed E-state index contributed by atoms with van der Waals surface area (Å²) in [4.78, 5) is 47.9. The van der Waals surface area contributed by atoms with Gasteiger partial charge in [0.05, 0.1) is 18.4 Å². The number of benzene rings is 1. The lowest BCUT2D eigenvalue weighted by Gasteiger charge is -2.08. The van der Waals surface area contributed by atoms with Crippen molar-refractivity contribution in [2.75, 3.05) is 18.5 Å². The Morgan fingerprint density at radius 3 is 2.35 bits per heavy atom. The molecular weight excluding hydrogens is 424 g/mol. The van der Waals surface area contributed by atoms with E-state index in [0.717, 1.165) is 11.3 Å². The van der Waals surface area contributed by atoms with Gasteiger partial charge in [-0.2, -0.15) is 0 Å². The van der Waals surface area contributed by atoms with Gasteiger partial charge in [-0.05, 0) is 43.3 Å². The lowest BCUT2D eigenvalue weighted by molar-refractivity contribution is -0.119. The molecule has 0 saturated carbocycles. The fourth-order valence-electron chi connectivity index (χ4n) is 2.62. The number of furan rings is 1. The third-order valence-electron chi connectivity index (χ3n) is 4.05. The highest BCUT2D eigenvalue weighted by atomic mass is 32.1. The summed E-state index contributed by atoms with van der Waals surface area (Å²) in [5.74, 6) is -2.18. The normalized spacial score (nSPS) is 10.4. The third-order valence-corrected chi connectivity index (χ3v) is 4.95. The predicted octanol–water partition coefficient (Wildman–Crippen LogP) is 3.08. The molecule has 3 rings (SSSR count). The molecule has 1 aromatic carbocycles. The summed E-state index contributed by atoms with van der Waals surface area (Å²) in [5.41, 5.74) is 6.18. The van der Waals surface area contributed by atoms with E-state index in [0.29, 0.717) is 11.3 Å². The molecule has 0 aliphatic heterocycles. The number of anilines is 1. The summed E-state index contributed by atoms with van der Waals surface area (Å²) in [6, 6.07) is 8.86. The van der Waals surface area contributed by atoms with Gasteiger partial charge in [0.2, 0.25) is 5.91 Å². The molecule has 31 heavy (non-hydrogen) atoms. The van der Waals surface area contributed by atoms with Crippen molar-refractivity contribution in [3.8, 4) is 11.3 Å². The molecule has 0 atom stereocenters. The largest absolute Gasteiger partial charge is 0.464 e. The molecule has 160 valence electrons. The number of nitrogens with one attached hydrogen (secondary N) is 1. The first kappa shape index (κ1) is 21.8. The van der Waals surface area contributed by atoms with E-state index in [1.54, 1.807) is 24.4 Å². The lowest BCUT2D eigenvalue weighted by atomic mass is 10.1. The van der Waals surface area contributed by atoms with E-state index in [4.69, 9.17) is 19.6 Å². The summed E-state index contributed by atoms with van der Waals surface area (Å²) in [5, 5.41) is 4.47. The molecule has 9 nitrogen and oxygen atoms in total. The summed E-state index contributed by atoms with van der Waals surface area (Å²) in [6.07, 6.45) is 1.47. The second kappa shape index (κ2) is 9.72. The van der Waals surface area contributed by atoms with Gasteiger partial charge in [-0.25, -0.2) is 9.59 Å². The standard InChI is InChI=1S/C21H18N2O7S/c1-2-28-21(27)17-14(15-4-3-9-29-15)11-31-19(17)23-16(24)10-30-20(26)13-7-5-12(6-8-13)18(22)25/h3-9,11H,2,10H2,1H3,(H2,22,25)(H,23,24). The molecule has 0 unspecified atom stereocenters. The van der Waals surface area contributed by atoms with Crippen LogP contribution in [0.5, 0.6) is 0 Å². The minimum absolute atomic E-state index is 0.154. The van der Waals surface area contributed by atoms with Gasteiger partial charge in [-0.3, -0.25) is 9.59 Å². The number of nitrogens with two attached hydrogens (primary N) is 1. The number of rotatable bonds is 8. The van der Waals surface area contributed by atoms with Crippen molar-refractivity contribution in [1.82, 2.24) is 0 Å². The van der Waals surface area contributed by atoms with Crippen LogP contribution in [0.4, 0.5) is 5.00 Å². The zero-order chi connectivity index (χ0) is 22.4. The lowest BCUT2D eigenvalue weighted by Crippen LogP contribution is -2.22. The van der Waals surface area contributed by atoms with E-state index in [1.807, 2.05) is 0 Å². The van der Waals surface area contributed by atoms with E-state index < -0.39 is 30.4 Å². The van der Waals surface area contributed by atoms with Gasteiger partial charge in [-0.1, -0.05) is 0 Å². The molecule has 0 aliphatic carbocycles. The Morgan fingerprint density at radius 1 is 1.03 bits per heavy atom. The monoisotopic (exact) mass is 442 g/mol. The van der Waals surface area contributed by atoms with Crippen LogP contribution in [0, 0.1) is 0 Å². The molecule has 0 spiro atoms. The molecule has 0 fully saturated rings. The van der Waals surface area contributed by atoms with E-state index in [-0.39, 0.29) is 28.3 Å². The molecule has 10 heteroatoms. The van der Waals surface area contributed by atoms with Crippen molar-refractivity contribution in [2.45, 2.75) is 6.92 Å². The quantitative estimate of drug-likeness (QED) is 0.511. The molecule has 0 radical (unpaired) electrons. The molecule has 0 aliphatic rings. The molecule has 3 aromatic rings. The van der Waals surface area contributed by atoms with Crippen molar-refractivity contribution in [3.63, 3.8) is 0 Å². The number of ether oxygens (including phenoxy) is 2. The highest BCUT2D eigenvalue weighted by Crippen LogP contribution is 2.36. The zero-order valence-corrected chi connectivity index (χ0v) is 17.2. The van der Waals surface area contributed by atoms with Crippen LogP contribution in [0.1, 0.15) is 38.0 Å². The second-order valence-electron chi connectivity index (χ2n) is 6.12. The van der Waals surface area contributed by atoms with Gasteiger partial charge in [0, 0.05) is 16.5 Å². The highest BCUT2D eigenvalue weighted by Gasteiger charge is 2.24. The molecule has 2 heterocycles. The van der Waals surface area contributed by atoms with Crippen LogP contribution in [0.25, 0.3) is 11.3 Å². The second-order valence-corrected chi connectivity index (χ2v) is 7.00. The fraction of sp³-hybridized carbons (Fsp3) is 0.143. The van der Waals surface area contributed by atoms with Gasteiger partial charge < -0.3 is 24.9 Å². The molecule has 2 amide bonds. The number of hydrogen-bond acceptors (Lipinski definition) is 8. The van der Waals surface area contributed by atoms with Crippen LogP contribution in [0.3, 0.4) is 0 Å². The van der Waals surface area contributed by atoms with Gasteiger partial charge in [0.1, 0.15) is 16.3 Å². The van der Waals surface area contributed by atoms with Gasteiger partial charge >= 0.3 is 11.9 Å². The van der Waals surface area contributed by atoms with Gasteiger partial charge in [0.25, 0.3) is 5.91 Å². The SMILES string of the molecule is CCOC(=O)c1c(-c2ccco2)csc1NC(=O)COC(=O)c1ccc(C(N)=O)cc1. The Hall–Kier alpha value is -3.92. The molecule has 0 saturated heterocycles. The smallest absolute Gasteiger partial charge is 0.341 e. The number of carbonyl (C=O) groups is 4. The van der Waals surface area contributed by atoms with Crippen molar-refractivity contribution in [3.05, 3.63) is 64.7 Å².